The first-order valence-corrected chi connectivity index (χ1v) is 5.37. The summed E-state index contributed by atoms with van der Waals surface area (Å²) in [6.45, 7) is 5.31. The number of aryl methyl sites for hydroxylation is 2. The molecule has 1 aromatic rings. The Kier molecular flexibility index (Phi) is 4.12. The fraction of sp³-hybridized carbons (Fsp3) is 0.462. The van der Waals surface area contributed by atoms with Gasteiger partial charge < -0.3 is 14.6 Å². The van der Waals surface area contributed by atoms with E-state index in [0.29, 0.717) is 5.75 Å². The van der Waals surface area contributed by atoms with E-state index >= 15 is 0 Å². The van der Waals surface area contributed by atoms with Crippen molar-refractivity contribution in [3.8, 4) is 5.75 Å². The normalized spacial score (nSPS) is 14.1. The van der Waals surface area contributed by atoms with Crippen LogP contribution in [0.1, 0.15) is 18.1 Å². The van der Waals surface area contributed by atoms with E-state index in [2.05, 4.69) is 0 Å². The van der Waals surface area contributed by atoms with E-state index in [1.165, 1.54) is 14.0 Å². The number of ether oxygens (including phenoxy) is 2. The number of hydrogen-bond donors (Lipinski definition) is 1. The Morgan fingerprint density at radius 2 is 2.06 bits per heavy atom. The highest BCUT2D eigenvalue weighted by Gasteiger charge is 2.36. The van der Waals surface area contributed by atoms with Crippen LogP contribution in [0.5, 0.6) is 5.75 Å². The van der Waals surface area contributed by atoms with E-state index in [4.69, 9.17) is 9.47 Å². The van der Waals surface area contributed by atoms with Crippen molar-refractivity contribution in [2.75, 3.05) is 13.7 Å². The molecular weight excluding hydrogens is 220 g/mol. The van der Waals surface area contributed by atoms with Gasteiger partial charge in [0.15, 0.2) is 0 Å². The second-order valence-corrected chi connectivity index (χ2v) is 4.34. The van der Waals surface area contributed by atoms with Crippen LogP contribution in [0, 0.1) is 13.8 Å². The second-order valence-electron chi connectivity index (χ2n) is 4.34. The van der Waals surface area contributed by atoms with Crippen molar-refractivity contribution in [3.63, 3.8) is 0 Å². The molecule has 0 saturated heterocycles. The van der Waals surface area contributed by atoms with Gasteiger partial charge in [0.25, 0.3) is 0 Å². The molecule has 0 fully saturated rings. The fourth-order valence-corrected chi connectivity index (χ4v) is 1.47. The van der Waals surface area contributed by atoms with Gasteiger partial charge >= 0.3 is 5.97 Å². The molecule has 0 spiro atoms. The average molecular weight is 238 g/mol. The van der Waals surface area contributed by atoms with E-state index in [1.54, 1.807) is 0 Å². The Bertz CT molecular complexity index is 414. The van der Waals surface area contributed by atoms with E-state index in [1.807, 2.05) is 32.0 Å². The molecule has 4 heteroatoms. The summed E-state index contributed by atoms with van der Waals surface area (Å²) in [7, 11) is 1.45. The third-order valence-corrected chi connectivity index (χ3v) is 2.55. The highest BCUT2D eigenvalue weighted by Crippen LogP contribution is 2.24. The van der Waals surface area contributed by atoms with Crippen LogP contribution in [0.15, 0.2) is 18.2 Å². The molecule has 0 heterocycles. The largest absolute Gasteiger partial charge is 0.478 e. The predicted octanol–water partition coefficient (Wildman–Crippen LogP) is 2.17. The quantitative estimate of drug-likeness (QED) is 0.854. The summed E-state index contributed by atoms with van der Waals surface area (Å²) in [5.41, 5.74) is 0.558. The van der Waals surface area contributed by atoms with E-state index in [9.17, 15) is 9.90 Å². The highest BCUT2D eigenvalue weighted by atomic mass is 16.6. The lowest BCUT2D eigenvalue weighted by Crippen LogP contribution is -2.45. The molecule has 17 heavy (non-hydrogen) atoms. The molecule has 0 amide bonds. The highest BCUT2D eigenvalue weighted by molar-refractivity contribution is 5.77. The van der Waals surface area contributed by atoms with Crippen molar-refractivity contribution in [1.29, 1.82) is 0 Å². The SMILES string of the molecule is COCC(C)(Oc1cc(C)ccc1C)C(=O)O. The van der Waals surface area contributed by atoms with Gasteiger partial charge in [-0.25, -0.2) is 4.79 Å². The fourth-order valence-electron chi connectivity index (χ4n) is 1.47. The molecule has 0 aliphatic heterocycles. The van der Waals surface area contributed by atoms with Crippen LogP contribution in [-0.2, 0) is 9.53 Å². The molecule has 1 unspecified atom stereocenters. The second kappa shape index (κ2) is 5.19. The van der Waals surface area contributed by atoms with E-state index in [0.717, 1.165) is 11.1 Å². The average Bonchev–Trinajstić information content (AvgIpc) is 2.23. The minimum absolute atomic E-state index is 0.00425. The lowest BCUT2D eigenvalue weighted by molar-refractivity contribution is -0.158. The first kappa shape index (κ1) is 13.5. The lowest BCUT2D eigenvalue weighted by atomic mass is 10.1. The van der Waals surface area contributed by atoms with Crippen LogP contribution in [-0.4, -0.2) is 30.4 Å². The maximum Gasteiger partial charge on any atom is 0.350 e. The molecule has 0 saturated carbocycles. The number of hydrogen-bond acceptors (Lipinski definition) is 3. The van der Waals surface area contributed by atoms with Crippen LogP contribution in [0.3, 0.4) is 0 Å². The van der Waals surface area contributed by atoms with Crippen molar-refractivity contribution in [2.45, 2.75) is 26.4 Å². The molecule has 94 valence electrons. The molecular formula is C13H18O4. The number of carboxylic acids is 1. The number of rotatable bonds is 5. The molecule has 1 N–H and O–H groups in total. The molecule has 0 bridgehead atoms. The smallest absolute Gasteiger partial charge is 0.350 e. The van der Waals surface area contributed by atoms with Gasteiger partial charge in [-0.2, -0.15) is 0 Å². The topological polar surface area (TPSA) is 55.8 Å². The van der Waals surface area contributed by atoms with Crippen molar-refractivity contribution in [1.82, 2.24) is 0 Å². The van der Waals surface area contributed by atoms with Crippen LogP contribution >= 0.6 is 0 Å². The van der Waals surface area contributed by atoms with Crippen LogP contribution < -0.4 is 4.74 Å². The van der Waals surface area contributed by atoms with Gasteiger partial charge in [0.2, 0.25) is 5.60 Å². The van der Waals surface area contributed by atoms with Crippen molar-refractivity contribution < 1.29 is 19.4 Å². The zero-order valence-electron chi connectivity index (χ0n) is 10.6. The molecule has 0 radical (unpaired) electrons. The van der Waals surface area contributed by atoms with Gasteiger partial charge in [-0.05, 0) is 38.0 Å². The predicted molar refractivity (Wildman–Crippen MR) is 64.5 cm³/mol. The summed E-state index contributed by atoms with van der Waals surface area (Å²) in [5.74, 6) is -0.466. The van der Waals surface area contributed by atoms with Gasteiger partial charge in [0.1, 0.15) is 5.75 Å². The summed E-state index contributed by atoms with van der Waals surface area (Å²) in [4.78, 5) is 11.2. The number of carboxylic acid groups (broad SMARTS) is 1. The Morgan fingerprint density at radius 1 is 1.41 bits per heavy atom. The van der Waals surface area contributed by atoms with Crippen molar-refractivity contribution in [3.05, 3.63) is 29.3 Å². The molecule has 0 aromatic heterocycles. The number of methoxy groups -OCH3 is 1. The van der Waals surface area contributed by atoms with Gasteiger partial charge in [0, 0.05) is 7.11 Å². The number of aliphatic carboxylic acids is 1. The Morgan fingerprint density at radius 3 is 2.59 bits per heavy atom. The molecule has 1 atom stereocenters. The maximum absolute atomic E-state index is 11.2. The standard InChI is InChI=1S/C13H18O4/c1-9-5-6-10(2)11(7-9)17-13(3,8-16-4)12(14)15/h5-7H,8H2,1-4H3,(H,14,15). The molecule has 0 aliphatic carbocycles. The summed E-state index contributed by atoms with van der Waals surface area (Å²) < 4.78 is 10.5. The Balaban J connectivity index is 3.01. The first-order chi connectivity index (χ1) is 7.89. The van der Waals surface area contributed by atoms with Gasteiger partial charge in [-0.3, -0.25) is 0 Å². The first-order valence-electron chi connectivity index (χ1n) is 5.37. The lowest BCUT2D eigenvalue weighted by Gasteiger charge is -2.26. The Labute approximate surface area is 101 Å². The van der Waals surface area contributed by atoms with Gasteiger partial charge in [-0.15, -0.1) is 0 Å². The van der Waals surface area contributed by atoms with Crippen molar-refractivity contribution in [2.24, 2.45) is 0 Å². The van der Waals surface area contributed by atoms with Crippen LogP contribution in [0.2, 0.25) is 0 Å². The molecule has 0 aliphatic rings. The Hall–Kier alpha value is -1.55. The zero-order chi connectivity index (χ0) is 13.1. The van der Waals surface area contributed by atoms with Crippen LogP contribution in [0.25, 0.3) is 0 Å². The monoisotopic (exact) mass is 238 g/mol. The maximum atomic E-state index is 11.2. The summed E-state index contributed by atoms with van der Waals surface area (Å²) in [6, 6.07) is 5.68. The minimum atomic E-state index is -1.37. The third-order valence-electron chi connectivity index (χ3n) is 2.55. The number of carbonyl (C=O) groups is 1. The molecule has 4 nitrogen and oxygen atoms in total. The van der Waals surface area contributed by atoms with Crippen LogP contribution in [0.4, 0.5) is 0 Å². The van der Waals surface area contributed by atoms with Gasteiger partial charge in [-0.1, -0.05) is 12.1 Å². The third kappa shape index (κ3) is 3.20. The molecule has 1 aromatic carbocycles. The minimum Gasteiger partial charge on any atom is -0.478 e. The molecule has 1 rings (SSSR count). The number of benzene rings is 1. The van der Waals surface area contributed by atoms with E-state index < -0.39 is 11.6 Å². The zero-order valence-corrected chi connectivity index (χ0v) is 10.6. The summed E-state index contributed by atoms with van der Waals surface area (Å²) >= 11 is 0. The van der Waals surface area contributed by atoms with Gasteiger partial charge in [0.05, 0.1) is 6.61 Å². The van der Waals surface area contributed by atoms with E-state index in [-0.39, 0.29) is 6.61 Å². The van der Waals surface area contributed by atoms with Crippen molar-refractivity contribution >= 4 is 5.97 Å². The summed E-state index contributed by atoms with van der Waals surface area (Å²) in [6.07, 6.45) is 0. The summed E-state index contributed by atoms with van der Waals surface area (Å²) in [5, 5.41) is 9.18.